The summed E-state index contributed by atoms with van der Waals surface area (Å²) in [5, 5.41) is 8.88. The first-order valence-electron chi connectivity index (χ1n) is 12.2. The van der Waals surface area contributed by atoms with Gasteiger partial charge in [0.15, 0.2) is 17.4 Å². The molecule has 2 aliphatic heterocycles. The lowest BCUT2D eigenvalue weighted by Gasteiger charge is -2.36. The molecule has 0 radical (unpaired) electrons. The molecule has 9 heteroatoms. The fourth-order valence-electron chi connectivity index (χ4n) is 5.13. The maximum atomic E-state index is 14.7. The second-order valence-corrected chi connectivity index (χ2v) is 12.2. The maximum Gasteiger partial charge on any atom is 0.214 e. The Morgan fingerprint density at radius 2 is 1.67 bits per heavy atom. The number of hydrogen-bond acceptors (Lipinski definition) is 5. The van der Waals surface area contributed by atoms with Crippen molar-refractivity contribution in [3.8, 4) is 5.75 Å². The van der Waals surface area contributed by atoms with Gasteiger partial charge in [-0.15, -0.1) is 0 Å². The Morgan fingerprint density at radius 1 is 1.06 bits per heavy atom. The molecule has 1 N–H and O–H groups in total. The van der Waals surface area contributed by atoms with Crippen LogP contribution in [-0.2, 0) is 10.0 Å². The van der Waals surface area contributed by atoms with E-state index in [1.54, 1.807) is 0 Å². The van der Waals surface area contributed by atoms with Gasteiger partial charge in [-0.1, -0.05) is 0 Å². The van der Waals surface area contributed by atoms with Crippen molar-refractivity contribution in [1.82, 2.24) is 9.21 Å². The minimum absolute atomic E-state index is 0.0815. The van der Waals surface area contributed by atoms with Crippen molar-refractivity contribution in [3.63, 3.8) is 0 Å². The van der Waals surface area contributed by atoms with Gasteiger partial charge in [0, 0.05) is 25.2 Å². The van der Waals surface area contributed by atoms with Crippen molar-refractivity contribution >= 4 is 10.0 Å². The van der Waals surface area contributed by atoms with Crippen molar-refractivity contribution in [3.05, 3.63) is 29.3 Å². The second kappa shape index (κ2) is 10.1. The molecule has 1 aromatic carbocycles. The monoisotopic (exact) mass is 486 g/mol. The SMILES string of the molecule is CC1(N2CCC(COc3c(F)cc(C4CCN(S(=O)(=O)CCCO)CC4)cc3F)CC2)CC1. The molecule has 1 aromatic rings. The lowest BCUT2D eigenvalue weighted by atomic mass is 9.90. The highest BCUT2D eigenvalue weighted by molar-refractivity contribution is 7.89. The molecule has 2 heterocycles. The van der Waals surface area contributed by atoms with E-state index in [1.807, 2.05) is 0 Å². The highest BCUT2D eigenvalue weighted by atomic mass is 32.2. The van der Waals surface area contributed by atoms with Crippen molar-refractivity contribution < 1.29 is 27.0 Å². The molecule has 6 nitrogen and oxygen atoms in total. The van der Waals surface area contributed by atoms with Gasteiger partial charge in [0.2, 0.25) is 10.0 Å². The number of rotatable bonds is 9. The van der Waals surface area contributed by atoms with Crippen LogP contribution >= 0.6 is 0 Å². The summed E-state index contributed by atoms with van der Waals surface area (Å²) in [5.41, 5.74) is 0.926. The standard InChI is InChI=1S/C24H36F2N2O4S/c1-24(7-8-24)27-9-3-18(4-10-27)17-32-23-21(25)15-20(16-22(23)26)19-5-11-28(12-6-19)33(30,31)14-2-13-29/h15-16,18-19,29H,2-14,17H2,1H3. The summed E-state index contributed by atoms with van der Waals surface area (Å²) < 4.78 is 61.1. The number of aliphatic hydroxyl groups excluding tert-OH is 1. The highest BCUT2D eigenvalue weighted by Crippen LogP contribution is 2.43. The Bertz CT molecular complexity index is 899. The number of sulfonamides is 1. The van der Waals surface area contributed by atoms with Crippen LogP contribution < -0.4 is 4.74 Å². The number of ether oxygens (including phenoxy) is 1. The van der Waals surface area contributed by atoms with Crippen LogP contribution in [0.1, 0.15) is 63.4 Å². The predicted octanol–water partition coefficient (Wildman–Crippen LogP) is 3.50. The molecular formula is C24H36F2N2O4S. The summed E-state index contributed by atoms with van der Waals surface area (Å²) in [6.07, 6.45) is 5.71. The molecule has 33 heavy (non-hydrogen) atoms. The minimum atomic E-state index is -3.40. The van der Waals surface area contributed by atoms with Crippen LogP contribution in [0.3, 0.4) is 0 Å². The predicted molar refractivity (Wildman–Crippen MR) is 123 cm³/mol. The third-order valence-electron chi connectivity index (χ3n) is 7.71. The summed E-state index contributed by atoms with van der Waals surface area (Å²) in [7, 11) is -3.40. The molecular weight excluding hydrogens is 450 g/mol. The largest absolute Gasteiger partial charge is 0.487 e. The normalized spacial score (nSPS) is 23.0. The van der Waals surface area contributed by atoms with Crippen LogP contribution in [-0.4, -0.2) is 73.4 Å². The fraction of sp³-hybridized carbons (Fsp3) is 0.750. The van der Waals surface area contributed by atoms with Crippen molar-refractivity contribution in [2.45, 2.75) is 63.3 Å². The number of benzene rings is 1. The molecule has 1 aliphatic carbocycles. The zero-order chi connectivity index (χ0) is 23.6. The van der Waals surface area contributed by atoms with E-state index in [1.165, 1.54) is 29.3 Å². The molecule has 3 aliphatic rings. The Hall–Kier alpha value is -1.29. The van der Waals surface area contributed by atoms with Crippen molar-refractivity contribution in [2.75, 3.05) is 45.1 Å². The average molecular weight is 487 g/mol. The van der Waals surface area contributed by atoms with E-state index in [4.69, 9.17) is 9.84 Å². The van der Waals surface area contributed by atoms with Gasteiger partial charge in [-0.05, 0) is 94.5 Å². The molecule has 186 valence electrons. The van der Waals surface area contributed by atoms with E-state index in [0.29, 0.717) is 49.6 Å². The third kappa shape index (κ3) is 5.86. The summed E-state index contributed by atoms with van der Waals surface area (Å²) in [6.45, 7) is 5.13. The van der Waals surface area contributed by atoms with Crippen molar-refractivity contribution in [2.24, 2.45) is 5.92 Å². The summed E-state index contributed by atoms with van der Waals surface area (Å²) in [5.74, 6) is -1.56. The van der Waals surface area contributed by atoms with Gasteiger partial charge < -0.3 is 9.84 Å². The van der Waals surface area contributed by atoms with E-state index >= 15 is 0 Å². The molecule has 0 spiro atoms. The number of halogens is 2. The minimum Gasteiger partial charge on any atom is -0.487 e. The van der Waals surface area contributed by atoms with Crippen LogP contribution in [0.25, 0.3) is 0 Å². The number of nitrogens with zero attached hydrogens (tertiary/aromatic N) is 2. The molecule has 0 bridgehead atoms. The molecule has 0 atom stereocenters. The van der Waals surface area contributed by atoms with Gasteiger partial charge in [-0.3, -0.25) is 4.90 Å². The third-order valence-corrected chi connectivity index (χ3v) is 9.67. The van der Waals surface area contributed by atoms with Crippen LogP contribution in [0, 0.1) is 17.6 Å². The molecule has 1 saturated carbocycles. The zero-order valence-corrected chi connectivity index (χ0v) is 20.3. The quantitative estimate of drug-likeness (QED) is 0.579. The van der Waals surface area contributed by atoms with E-state index in [9.17, 15) is 17.2 Å². The number of piperidine rings is 2. The fourth-order valence-corrected chi connectivity index (χ4v) is 6.65. The van der Waals surface area contributed by atoms with Gasteiger partial charge in [0.1, 0.15) is 0 Å². The van der Waals surface area contributed by atoms with E-state index in [0.717, 1.165) is 25.9 Å². The average Bonchev–Trinajstić information content (AvgIpc) is 3.56. The molecule has 0 amide bonds. The van der Waals surface area contributed by atoms with Gasteiger partial charge in [-0.25, -0.2) is 21.5 Å². The Labute approximate surface area is 196 Å². The topological polar surface area (TPSA) is 70.1 Å². The maximum absolute atomic E-state index is 14.7. The molecule has 0 unspecified atom stereocenters. The first kappa shape index (κ1) is 24.8. The zero-order valence-electron chi connectivity index (χ0n) is 19.4. The molecule has 0 aromatic heterocycles. The summed E-state index contributed by atoms with van der Waals surface area (Å²) in [4.78, 5) is 2.53. The lowest BCUT2D eigenvalue weighted by molar-refractivity contribution is 0.100. The van der Waals surface area contributed by atoms with E-state index in [-0.39, 0.29) is 30.4 Å². The Kier molecular flexibility index (Phi) is 7.63. The highest BCUT2D eigenvalue weighted by Gasteiger charge is 2.44. The Balaban J connectivity index is 1.29. The van der Waals surface area contributed by atoms with Gasteiger partial charge >= 0.3 is 0 Å². The van der Waals surface area contributed by atoms with Gasteiger partial charge in [0.25, 0.3) is 0 Å². The van der Waals surface area contributed by atoms with Crippen LogP contribution in [0.15, 0.2) is 12.1 Å². The van der Waals surface area contributed by atoms with Gasteiger partial charge in [-0.2, -0.15) is 0 Å². The number of aliphatic hydroxyl groups is 1. The second-order valence-electron chi connectivity index (χ2n) is 10.1. The van der Waals surface area contributed by atoms with Crippen LogP contribution in [0.4, 0.5) is 8.78 Å². The van der Waals surface area contributed by atoms with E-state index < -0.39 is 21.7 Å². The first-order chi connectivity index (χ1) is 15.7. The smallest absolute Gasteiger partial charge is 0.214 e. The van der Waals surface area contributed by atoms with Crippen LogP contribution in [0.5, 0.6) is 5.75 Å². The first-order valence-corrected chi connectivity index (χ1v) is 13.8. The van der Waals surface area contributed by atoms with Gasteiger partial charge in [0.05, 0.1) is 12.4 Å². The summed E-state index contributed by atoms with van der Waals surface area (Å²) in [6, 6.07) is 2.69. The molecule has 2 saturated heterocycles. The summed E-state index contributed by atoms with van der Waals surface area (Å²) >= 11 is 0. The number of hydrogen-bond donors (Lipinski definition) is 1. The van der Waals surface area contributed by atoms with Crippen LogP contribution in [0.2, 0.25) is 0 Å². The Morgan fingerprint density at radius 3 is 2.21 bits per heavy atom. The lowest BCUT2D eigenvalue weighted by Crippen LogP contribution is -2.42. The molecule has 4 rings (SSSR count). The van der Waals surface area contributed by atoms with E-state index in [2.05, 4.69) is 11.8 Å². The van der Waals surface area contributed by atoms with Crippen molar-refractivity contribution in [1.29, 1.82) is 0 Å². The molecule has 3 fully saturated rings. The number of likely N-dealkylation sites (tertiary alicyclic amines) is 1.